The molecule has 1 fully saturated rings. The molecule has 0 aromatic heterocycles. The normalized spacial score (nSPS) is 15.9. The highest BCUT2D eigenvalue weighted by atomic mass is 16.5. The SMILES string of the molecule is COCCCCC(=O)CN1C(=O)CCC1=O. The predicted octanol–water partition coefficient (Wildman–Crippen LogP) is 0.521. The van der Waals surface area contributed by atoms with Crippen LogP contribution in [0.2, 0.25) is 0 Å². The summed E-state index contributed by atoms with van der Waals surface area (Å²) in [7, 11) is 1.61. The fourth-order valence-electron chi connectivity index (χ4n) is 1.62. The van der Waals surface area contributed by atoms with E-state index in [2.05, 4.69) is 0 Å². The summed E-state index contributed by atoms with van der Waals surface area (Å²) in [6.07, 6.45) is 2.46. The van der Waals surface area contributed by atoms with E-state index < -0.39 is 0 Å². The summed E-state index contributed by atoms with van der Waals surface area (Å²) in [6.45, 7) is 0.583. The third-order valence-electron chi connectivity index (χ3n) is 2.54. The molecule has 5 heteroatoms. The molecule has 0 aromatic carbocycles. The number of methoxy groups -OCH3 is 1. The third kappa shape index (κ3) is 3.73. The highest BCUT2D eigenvalue weighted by Crippen LogP contribution is 2.11. The second kappa shape index (κ2) is 6.37. The molecule has 0 radical (unpaired) electrons. The summed E-state index contributed by atoms with van der Waals surface area (Å²) in [5, 5.41) is 0. The topological polar surface area (TPSA) is 63.7 Å². The van der Waals surface area contributed by atoms with Crippen molar-refractivity contribution in [3.63, 3.8) is 0 Å². The first-order valence-corrected chi connectivity index (χ1v) is 5.49. The van der Waals surface area contributed by atoms with Gasteiger partial charge in [-0.15, -0.1) is 0 Å². The first-order valence-electron chi connectivity index (χ1n) is 5.49. The molecule has 0 N–H and O–H groups in total. The van der Waals surface area contributed by atoms with E-state index in [-0.39, 0.29) is 37.0 Å². The van der Waals surface area contributed by atoms with Crippen molar-refractivity contribution in [3.8, 4) is 0 Å². The van der Waals surface area contributed by atoms with E-state index in [1.165, 1.54) is 0 Å². The van der Waals surface area contributed by atoms with Crippen LogP contribution in [0.5, 0.6) is 0 Å². The van der Waals surface area contributed by atoms with E-state index in [1.807, 2.05) is 0 Å². The highest BCUT2D eigenvalue weighted by Gasteiger charge is 2.29. The van der Waals surface area contributed by atoms with Gasteiger partial charge in [0, 0.05) is 33.0 Å². The van der Waals surface area contributed by atoms with Gasteiger partial charge in [0.2, 0.25) is 11.8 Å². The van der Waals surface area contributed by atoms with Crippen LogP contribution in [-0.2, 0) is 19.1 Å². The Bertz CT molecular complexity index is 272. The van der Waals surface area contributed by atoms with E-state index in [0.717, 1.165) is 17.7 Å². The van der Waals surface area contributed by atoms with Gasteiger partial charge in [-0.25, -0.2) is 0 Å². The Morgan fingerprint density at radius 1 is 1.25 bits per heavy atom. The smallest absolute Gasteiger partial charge is 0.230 e. The van der Waals surface area contributed by atoms with Gasteiger partial charge in [-0.05, 0) is 12.8 Å². The van der Waals surface area contributed by atoms with Crippen molar-refractivity contribution in [1.29, 1.82) is 0 Å². The average Bonchev–Trinajstić information content (AvgIpc) is 2.56. The molecule has 2 amide bonds. The number of amides is 2. The van der Waals surface area contributed by atoms with Crippen LogP contribution in [0.1, 0.15) is 32.1 Å². The Hall–Kier alpha value is -1.23. The molecule has 1 rings (SSSR count). The number of Topliss-reactive ketones (excluding diaryl/α,β-unsaturated/α-hetero) is 1. The van der Waals surface area contributed by atoms with Crippen LogP contribution in [0.25, 0.3) is 0 Å². The fourth-order valence-corrected chi connectivity index (χ4v) is 1.62. The minimum absolute atomic E-state index is 0.0509. The number of carbonyl (C=O) groups is 3. The van der Waals surface area contributed by atoms with Gasteiger partial charge in [-0.1, -0.05) is 0 Å². The molecule has 90 valence electrons. The van der Waals surface area contributed by atoms with Gasteiger partial charge >= 0.3 is 0 Å². The first-order chi connectivity index (χ1) is 7.65. The fraction of sp³-hybridized carbons (Fsp3) is 0.727. The molecule has 0 spiro atoms. The number of hydrogen-bond acceptors (Lipinski definition) is 4. The van der Waals surface area contributed by atoms with Gasteiger partial charge in [-0.2, -0.15) is 0 Å². The molecule has 1 aliphatic heterocycles. The van der Waals surface area contributed by atoms with Crippen LogP contribution in [0.15, 0.2) is 0 Å². The van der Waals surface area contributed by atoms with E-state index in [4.69, 9.17) is 4.74 Å². The largest absolute Gasteiger partial charge is 0.385 e. The van der Waals surface area contributed by atoms with Crippen LogP contribution >= 0.6 is 0 Å². The molecule has 1 saturated heterocycles. The predicted molar refractivity (Wildman–Crippen MR) is 56.7 cm³/mol. The number of ether oxygens (including phenoxy) is 1. The van der Waals surface area contributed by atoms with Crippen molar-refractivity contribution < 1.29 is 19.1 Å². The minimum Gasteiger partial charge on any atom is -0.385 e. The lowest BCUT2D eigenvalue weighted by atomic mass is 10.2. The monoisotopic (exact) mass is 227 g/mol. The molecule has 0 saturated carbocycles. The van der Waals surface area contributed by atoms with Crippen LogP contribution < -0.4 is 0 Å². The maximum Gasteiger partial charge on any atom is 0.230 e. The van der Waals surface area contributed by atoms with Gasteiger partial charge in [0.15, 0.2) is 5.78 Å². The zero-order valence-corrected chi connectivity index (χ0v) is 9.53. The lowest BCUT2D eigenvalue weighted by molar-refractivity contribution is -0.141. The molecular formula is C11H17NO4. The van der Waals surface area contributed by atoms with Crippen LogP contribution in [0.3, 0.4) is 0 Å². The summed E-state index contributed by atoms with van der Waals surface area (Å²) in [6, 6.07) is 0. The zero-order valence-electron chi connectivity index (χ0n) is 9.53. The van der Waals surface area contributed by atoms with Gasteiger partial charge in [0.05, 0.1) is 6.54 Å². The van der Waals surface area contributed by atoms with Gasteiger partial charge in [0.1, 0.15) is 0 Å². The van der Waals surface area contributed by atoms with E-state index in [9.17, 15) is 14.4 Å². The molecule has 1 heterocycles. The number of nitrogens with zero attached hydrogens (tertiary/aromatic N) is 1. The number of likely N-dealkylation sites (tertiary alicyclic amines) is 1. The van der Waals surface area contributed by atoms with Crippen molar-refractivity contribution in [1.82, 2.24) is 4.90 Å². The third-order valence-corrected chi connectivity index (χ3v) is 2.54. The van der Waals surface area contributed by atoms with Crippen LogP contribution in [-0.4, -0.2) is 42.8 Å². The van der Waals surface area contributed by atoms with Crippen molar-refractivity contribution in [2.45, 2.75) is 32.1 Å². The molecular weight excluding hydrogens is 210 g/mol. The van der Waals surface area contributed by atoms with E-state index >= 15 is 0 Å². The Kier molecular flexibility index (Phi) is 5.11. The Balaban J connectivity index is 2.23. The molecule has 16 heavy (non-hydrogen) atoms. The molecule has 1 aliphatic rings. The number of carbonyl (C=O) groups excluding carboxylic acids is 3. The standard InChI is InChI=1S/C11H17NO4/c1-16-7-3-2-4-9(13)8-12-10(14)5-6-11(12)15/h2-8H2,1H3. The first kappa shape index (κ1) is 12.8. The molecule has 5 nitrogen and oxygen atoms in total. The second-order valence-corrected chi connectivity index (χ2v) is 3.86. The average molecular weight is 227 g/mol. The Labute approximate surface area is 94.7 Å². The lowest BCUT2D eigenvalue weighted by Crippen LogP contribution is -2.34. The van der Waals surface area contributed by atoms with Crippen molar-refractivity contribution in [2.24, 2.45) is 0 Å². The number of imide groups is 1. The highest BCUT2D eigenvalue weighted by molar-refractivity contribution is 6.04. The van der Waals surface area contributed by atoms with Crippen molar-refractivity contribution in [2.75, 3.05) is 20.3 Å². The molecule has 0 aliphatic carbocycles. The Morgan fingerprint density at radius 3 is 2.44 bits per heavy atom. The van der Waals surface area contributed by atoms with E-state index in [0.29, 0.717) is 13.0 Å². The van der Waals surface area contributed by atoms with Crippen LogP contribution in [0, 0.1) is 0 Å². The summed E-state index contributed by atoms with van der Waals surface area (Å²) < 4.78 is 4.86. The van der Waals surface area contributed by atoms with Gasteiger partial charge in [-0.3, -0.25) is 19.3 Å². The number of rotatable bonds is 7. The second-order valence-electron chi connectivity index (χ2n) is 3.86. The molecule has 0 aromatic rings. The van der Waals surface area contributed by atoms with Gasteiger partial charge in [0.25, 0.3) is 0 Å². The summed E-state index contributed by atoms with van der Waals surface area (Å²) >= 11 is 0. The maximum absolute atomic E-state index is 11.5. The molecule has 0 unspecified atom stereocenters. The summed E-state index contributed by atoms with van der Waals surface area (Å²) in [5.41, 5.74) is 0. The number of ketones is 1. The number of unbranched alkanes of at least 4 members (excludes halogenated alkanes) is 1. The van der Waals surface area contributed by atoms with E-state index in [1.54, 1.807) is 7.11 Å². The maximum atomic E-state index is 11.5. The zero-order chi connectivity index (χ0) is 12.0. The quantitative estimate of drug-likeness (QED) is 0.470. The molecule has 0 bridgehead atoms. The van der Waals surface area contributed by atoms with Crippen molar-refractivity contribution in [3.05, 3.63) is 0 Å². The lowest BCUT2D eigenvalue weighted by Gasteiger charge is -2.12. The number of hydrogen-bond donors (Lipinski definition) is 0. The molecule has 0 atom stereocenters. The minimum atomic E-state index is -0.227. The van der Waals surface area contributed by atoms with Gasteiger partial charge < -0.3 is 4.74 Å². The summed E-state index contributed by atoms with van der Waals surface area (Å²) in [4.78, 5) is 35.0. The van der Waals surface area contributed by atoms with Crippen molar-refractivity contribution >= 4 is 17.6 Å². The Morgan fingerprint density at radius 2 is 1.88 bits per heavy atom. The van der Waals surface area contributed by atoms with Crippen LogP contribution in [0.4, 0.5) is 0 Å². The summed E-state index contributed by atoms with van der Waals surface area (Å²) in [5.74, 6) is -0.509.